The summed E-state index contributed by atoms with van der Waals surface area (Å²) in [6.07, 6.45) is 0.750. The zero-order valence-corrected chi connectivity index (χ0v) is 12.5. The number of anilines is 1. The van der Waals surface area contributed by atoms with Gasteiger partial charge >= 0.3 is 0 Å². The van der Waals surface area contributed by atoms with Crippen LogP contribution in [0.1, 0.15) is 30.1 Å². The first kappa shape index (κ1) is 17.1. The number of hydrogen-bond donors (Lipinski definition) is 3. The van der Waals surface area contributed by atoms with E-state index >= 15 is 0 Å². The summed E-state index contributed by atoms with van der Waals surface area (Å²) in [5, 5.41) is 5.53. The Morgan fingerprint density at radius 1 is 1.38 bits per heavy atom. The van der Waals surface area contributed by atoms with Crippen LogP contribution >= 0.6 is 0 Å². The van der Waals surface area contributed by atoms with Gasteiger partial charge in [-0.1, -0.05) is 13.0 Å². The molecule has 116 valence electrons. The smallest absolute Gasteiger partial charge is 0.251 e. The molecule has 0 aliphatic carbocycles. The zero-order chi connectivity index (χ0) is 15.7. The molecule has 2 amide bonds. The van der Waals surface area contributed by atoms with Gasteiger partial charge < -0.3 is 21.1 Å². The molecule has 21 heavy (non-hydrogen) atoms. The first-order valence-electron chi connectivity index (χ1n) is 7.01. The molecule has 0 bridgehead atoms. The molecule has 0 spiro atoms. The number of nitrogens with one attached hydrogen (secondary N) is 2. The van der Waals surface area contributed by atoms with Crippen LogP contribution in [0.3, 0.4) is 0 Å². The molecule has 0 saturated carbocycles. The summed E-state index contributed by atoms with van der Waals surface area (Å²) in [7, 11) is 1.52. The van der Waals surface area contributed by atoms with Gasteiger partial charge in [0.05, 0.1) is 12.5 Å². The highest BCUT2D eigenvalue weighted by atomic mass is 16.5. The van der Waals surface area contributed by atoms with E-state index in [4.69, 9.17) is 10.5 Å². The molecule has 6 heteroatoms. The van der Waals surface area contributed by atoms with E-state index in [2.05, 4.69) is 10.6 Å². The quantitative estimate of drug-likeness (QED) is 0.670. The molecule has 0 aliphatic rings. The summed E-state index contributed by atoms with van der Waals surface area (Å²) in [6, 6.07) is 6.82. The minimum Gasteiger partial charge on any atom is -0.380 e. The summed E-state index contributed by atoms with van der Waals surface area (Å²) in [4.78, 5) is 23.7. The molecule has 0 saturated heterocycles. The van der Waals surface area contributed by atoms with E-state index in [9.17, 15) is 9.59 Å². The van der Waals surface area contributed by atoms with Gasteiger partial charge in [0.2, 0.25) is 5.91 Å². The number of amides is 2. The Kier molecular flexibility index (Phi) is 7.42. The predicted octanol–water partition coefficient (Wildman–Crippen LogP) is 1.13. The van der Waals surface area contributed by atoms with Crippen LogP contribution in [0, 0.1) is 0 Å². The number of carbonyl (C=O) groups is 2. The lowest BCUT2D eigenvalue weighted by atomic mass is 10.1. The van der Waals surface area contributed by atoms with Crippen molar-refractivity contribution in [2.75, 3.05) is 25.5 Å². The average Bonchev–Trinajstić information content (AvgIpc) is 2.50. The van der Waals surface area contributed by atoms with Gasteiger partial charge in [-0.3, -0.25) is 9.59 Å². The fraction of sp³-hybridized carbons (Fsp3) is 0.467. The van der Waals surface area contributed by atoms with Crippen LogP contribution < -0.4 is 16.4 Å². The zero-order valence-electron chi connectivity index (χ0n) is 12.5. The normalized spacial score (nSPS) is 11.8. The fourth-order valence-electron chi connectivity index (χ4n) is 1.76. The predicted molar refractivity (Wildman–Crippen MR) is 82.2 cm³/mol. The lowest BCUT2D eigenvalue weighted by Crippen LogP contribution is -2.28. The van der Waals surface area contributed by atoms with Crippen LogP contribution in [0.2, 0.25) is 0 Å². The number of methoxy groups -OCH3 is 1. The van der Waals surface area contributed by atoms with Crippen LogP contribution in [-0.4, -0.2) is 38.1 Å². The number of nitrogens with two attached hydrogens (primary N) is 1. The molecule has 0 heterocycles. The van der Waals surface area contributed by atoms with Crippen LogP contribution in [0.5, 0.6) is 0 Å². The molecular formula is C15H23N3O3. The highest BCUT2D eigenvalue weighted by molar-refractivity contribution is 5.97. The van der Waals surface area contributed by atoms with E-state index in [0.29, 0.717) is 17.8 Å². The van der Waals surface area contributed by atoms with Crippen molar-refractivity contribution in [3.8, 4) is 0 Å². The molecule has 0 radical (unpaired) electrons. The SMILES string of the molecule is CCCNC(=O)c1cccc(NC(=O)CC(CN)OC)c1. The van der Waals surface area contributed by atoms with Crippen molar-refractivity contribution in [2.45, 2.75) is 25.9 Å². The van der Waals surface area contributed by atoms with E-state index in [0.717, 1.165) is 6.42 Å². The van der Waals surface area contributed by atoms with Crippen molar-refractivity contribution in [2.24, 2.45) is 5.73 Å². The lowest BCUT2D eigenvalue weighted by Gasteiger charge is -2.13. The summed E-state index contributed by atoms with van der Waals surface area (Å²) in [5.41, 5.74) is 6.57. The molecule has 0 aromatic heterocycles. The molecule has 1 unspecified atom stereocenters. The van der Waals surface area contributed by atoms with Crippen LogP contribution in [0.15, 0.2) is 24.3 Å². The monoisotopic (exact) mass is 293 g/mol. The van der Waals surface area contributed by atoms with Gasteiger partial charge in [-0.2, -0.15) is 0 Å². The molecule has 1 atom stereocenters. The Hall–Kier alpha value is -1.92. The van der Waals surface area contributed by atoms with Crippen molar-refractivity contribution in [1.29, 1.82) is 0 Å². The summed E-state index contributed by atoms with van der Waals surface area (Å²) in [5.74, 6) is -0.344. The Morgan fingerprint density at radius 2 is 2.14 bits per heavy atom. The van der Waals surface area contributed by atoms with Gasteiger partial charge in [0.15, 0.2) is 0 Å². The van der Waals surface area contributed by atoms with Crippen molar-refractivity contribution in [3.05, 3.63) is 29.8 Å². The van der Waals surface area contributed by atoms with E-state index < -0.39 is 0 Å². The maximum Gasteiger partial charge on any atom is 0.251 e. The number of benzene rings is 1. The first-order valence-corrected chi connectivity index (χ1v) is 7.01. The largest absolute Gasteiger partial charge is 0.380 e. The second-order valence-electron chi connectivity index (χ2n) is 4.68. The molecule has 1 aromatic rings. The van der Waals surface area contributed by atoms with E-state index in [-0.39, 0.29) is 30.9 Å². The third-order valence-corrected chi connectivity index (χ3v) is 2.95. The highest BCUT2D eigenvalue weighted by Gasteiger charge is 2.12. The number of ether oxygens (including phenoxy) is 1. The summed E-state index contributed by atoms with van der Waals surface area (Å²) in [6.45, 7) is 2.89. The van der Waals surface area contributed by atoms with E-state index in [1.54, 1.807) is 24.3 Å². The topological polar surface area (TPSA) is 93.5 Å². The number of carbonyl (C=O) groups excluding carboxylic acids is 2. The summed E-state index contributed by atoms with van der Waals surface area (Å²) < 4.78 is 5.06. The van der Waals surface area contributed by atoms with Crippen molar-refractivity contribution in [3.63, 3.8) is 0 Å². The minimum atomic E-state index is -0.305. The second-order valence-corrected chi connectivity index (χ2v) is 4.68. The Labute approximate surface area is 125 Å². The first-order chi connectivity index (χ1) is 10.1. The average molecular weight is 293 g/mol. The van der Waals surface area contributed by atoms with E-state index in [1.165, 1.54) is 7.11 Å². The minimum absolute atomic E-state index is 0.148. The molecule has 0 fully saturated rings. The maximum atomic E-state index is 11.9. The molecular weight excluding hydrogens is 270 g/mol. The van der Waals surface area contributed by atoms with Crippen molar-refractivity contribution >= 4 is 17.5 Å². The van der Waals surface area contributed by atoms with Crippen LogP contribution in [0.25, 0.3) is 0 Å². The van der Waals surface area contributed by atoms with Gasteiger partial charge in [-0.25, -0.2) is 0 Å². The Bertz CT molecular complexity index is 473. The standard InChI is InChI=1S/C15H23N3O3/c1-3-7-17-15(20)11-5-4-6-12(8-11)18-14(19)9-13(10-16)21-2/h4-6,8,13H,3,7,9-10,16H2,1-2H3,(H,17,20)(H,18,19). The number of rotatable bonds is 8. The van der Waals surface area contributed by atoms with Gasteiger partial charge in [-0.05, 0) is 24.6 Å². The van der Waals surface area contributed by atoms with E-state index in [1.807, 2.05) is 6.92 Å². The fourth-order valence-corrected chi connectivity index (χ4v) is 1.76. The van der Waals surface area contributed by atoms with Gasteiger partial charge in [0.1, 0.15) is 0 Å². The molecule has 6 nitrogen and oxygen atoms in total. The Balaban J connectivity index is 2.63. The third kappa shape index (κ3) is 5.93. The van der Waals surface area contributed by atoms with Gasteiger partial charge in [-0.15, -0.1) is 0 Å². The molecule has 1 rings (SSSR count). The maximum absolute atomic E-state index is 11.9. The summed E-state index contributed by atoms with van der Waals surface area (Å²) >= 11 is 0. The second kappa shape index (κ2) is 9.10. The van der Waals surface area contributed by atoms with Crippen LogP contribution in [0.4, 0.5) is 5.69 Å². The highest BCUT2D eigenvalue weighted by Crippen LogP contribution is 2.11. The molecule has 1 aromatic carbocycles. The molecule has 4 N–H and O–H groups in total. The lowest BCUT2D eigenvalue weighted by molar-refractivity contribution is -0.118. The van der Waals surface area contributed by atoms with Crippen molar-refractivity contribution < 1.29 is 14.3 Å². The van der Waals surface area contributed by atoms with Gasteiger partial charge in [0.25, 0.3) is 5.91 Å². The van der Waals surface area contributed by atoms with Crippen molar-refractivity contribution in [1.82, 2.24) is 5.32 Å². The third-order valence-electron chi connectivity index (χ3n) is 2.95. The Morgan fingerprint density at radius 3 is 2.76 bits per heavy atom. The molecule has 0 aliphatic heterocycles. The van der Waals surface area contributed by atoms with Crippen LogP contribution in [-0.2, 0) is 9.53 Å². The van der Waals surface area contributed by atoms with Gasteiger partial charge in [0, 0.05) is 31.5 Å². The number of hydrogen-bond acceptors (Lipinski definition) is 4.